The number of hydrogen-bond acceptors (Lipinski definition) is 4. The van der Waals surface area contributed by atoms with Gasteiger partial charge < -0.3 is 14.2 Å². The predicted octanol–water partition coefficient (Wildman–Crippen LogP) is 4.11. The van der Waals surface area contributed by atoms with Crippen LogP contribution in [0.15, 0.2) is 79.1 Å². The summed E-state index contributed by atoms with van der Waals surface area (Å²) in [7, 11) is 3.69. The third-order valence-electron chi connectivity index (χ3n) is 6.37. The molecule has 1 aliphatic heterocycles. The molecule has 33 heavy (non-hydrogen) atoms. The number of fused-ring (bicyclic) bond motifs is 1. The van der Waals surface area contributed by atoms with E-state index >= 15 is 0 Å². The molecule has 0 spiro atoms. The molecule has 1 atom stereocenters. The summed E-state index contributed by atoms with van der Waals surface area (Å²) in [6.45, 7) is 1.85. The molecular formula is C27H28N4O2. The van der Waals surface area contributed by atoms with Crippen LogP contribution in [-0.4, -0.2) is 52.5 Å². The van der Waals surface area contributed by atoms with Gasteiger partial charge in [-0.25, -0.2) is 0 Å². The zero-order valence-electron chi connectivity index (χ0n) is 19.0. The van der Waals surface area contributed by atoms with E-state index in [0.717, 1.165) is 30.0 Å². The average molecular weight is 441 g/mol. The fourth-order valence-electron chi connectivity index (χ4n) is 4.67. The van der Waals surface area contributed by atoms with Crippen LogP contribution in [0.25, 0.3) is 10.9 Å². The number of methoxy groups -OCH3 is 1. The van der Waals surface area contributed by atoms with Crippen molar-refractivity contribution >= 4 is 16.8 Å². The van der Waals surface area contributed by atoms with Gasteiger partial charge >= 0.3 is 0 Å². The number of pyridine rings is 1. The molecular weight excluding hydrogens is 412 g/mol. The SMILES string of the molecule is COc1ccc(CCN2C(=O)CN(C)C2c2ccc3c(ccn3Cc3ccccn3)c2)cc1. The first-order valence-corrected chi connectivity index (χ1v) is 11.2. The Balaban J connectivity index is 1.36. The number of hydrogen-bond donors (Lipinski definition) is 0. The fourth-order valence-corrected chi connectivity index (χ4v) is 4.67. The van der Waals surface area contributed by atoms with E-state index < -0.39 is 0 Å². The summed E-state index contributed by atoms with van der Waals surface area (Å²) in [6.07, 6.45) is 4.68. The summed E-state index contributed by atoms with van der Waals surface area (Å²) in [6, 6.07) is 22.7. The highest BCUT2D eigenvalue weighted by Crippen LogP contribution is 2.32. The summed E-state index contributed by atoms with van der Waals surface area (Å²) in [5.74, 6) is 1.01. The smallest absolute Gasteiger partial charge is 0.238 e. The molecule has 0 radical (unpaired) electrons. The maximum absolute atomic E-state index is 12.8. The van der Waals surface area contributed by atoms with Crippen LogP contribution in [-0.2, 0) is 17.8 Å². The number of amides is 1. The number of ether oxygens (including phenoxy) is 1. The highest BCUT2D eigenvalue weighted by Gasteiger charge is 2.36. The standard InChI is InChI=1S/C27H28N4O2/c1-29-19-26(32)31(16-12-20-6-9-24(33-2)10-7-20)27(29)22-8-11-25-21(17-22)13-15-30(25)18-23-5-3-4-14-28-23/h3-11,13-15,17,27H,12,16,18-19H2,1-2H3. The van der Waals surface area contributed by atoms with Gasteiger partial charge in [-0.1, -0.05) is 24.3 Å². The minimum Gasteiger partial charge on any atom is -0.497 e. The van der Waals surface area contributed by atoms with Crippen molar-refractivity contribution in [2.45, 2.75) is 19.1 Å². The zero-order chi connectivity index (χ0) is 22.8. The van der Waals surface area contributed by atoms with E-state index in [1.54, 1.807) is 7.11 Å². The lowest BCUT2D eigenvalue weighted by molar-refractivity contribution is -0.128. The second-order valence-electron chi connectivity index (χ2n) is 8.56. The average Bonchev–Trinajstić information content (AvgIpc) is 3.37. The van der Waals surface area contributed by atoms with Crippen molar-refractivity contribution in [3.63, 3.8) is 0 Å². The molecule has 0 saturated carbocycles. The minimum atomic E-state index is -0.0562. The Morgan fingerprint density at radius 3 is 2.67 bits per heavy atom. The van der Waals surface area contributed by atoms with Gasteiger partial charge in [-0.2, -0.15) is 0 Å². The molecule has 6 heteroatoms. The van der Waals surface area contributed by atoms with Gasteiger partial charge in [-0.05, 0) is 72.4 Å². The summed E-state index contributed by atoms with van der Waals surface area (Å²) in [4.78, 5) is 21.4. The molecule has 0 aliphatic carbocycles. The molecule has 2 aromatic carbocycles. The van der Waals surface area contributed by atoms with Gasteiger partial charge in [0.05, 0.1) is 25.9 Å². The molecule has 6 nitrogen and oxygen atoms in total. The molecule has 3 heterocycles. The quantitative estimate of drug-likeness (QED) is 0.434. The van der Waals surface area contributed by atoms with Crippen LogP contribution in [0.5, 0.6) is 5.75 Å². The van der Waals surface area contributed by atoms with Crippen molar-refractivity contribution in [3.8, 4) is 5.75 Å². The molecule has 1 saturated heterocycles. The first-order valence-electron chi connectivity index (χ1n) is 11.2. The lowest BCUT2D eigenvalue weighted by Gasteiger charge is -2.28. The van der Waals surface area contributed by atoms with Crippen LogP contribution in [0.1, 0.15) is 23.0 Å². The Labute approximate surface area is 194 Å². The van der Waals surface area contributed by atoms with E-state index in [4.69, 9.17) is 4.74 Å². The largest absolute Gasteiger partial charge is 0.497 e. The van der Waals surface area contributed by atoms with E-state index in [-0.39, 0.29) is 12.1 Å². The Morgan fingerprint density at radius 2 is 1.91 bits per heavy atom. The Morgan fingerprint density at radius 1 is 1.06 bits per heavy atom. The third-order valence-corrected chi connectivity index (χ3v) is 6.37. The predicted molar refractivity (Wildman–Crippen MR) is 129 cm³/mol. The molecule has 1 aliphatic rings. The number of rotatable bonds is 7. The molecule has 4 aromatic rings. The highest BCUT2D eigenvalue weighted by molar-refractivity contribution is 5.83. The van der Waals surface area contributed by atoms with Gasteiger partial charge in [0.25, 0.3) is 0 Å². The first-order chi connectivity index (χ1) is 16.1. The summed E-state index contributed by atoms with van der Waals surface area (Å²) < 4.78 is 7.46. The number of aromatic nitrogens is 2. The number of carbonyl (C=O) groups is 1. The maximum atomic E-state index is 12.8. The first kappa shape index (κ1) is 21.2. The minimum absolute atomic E-state index is 0.0562. The van der Waals surface area contributed by atoms with E-state index in [9.17, 15) is 4.79 Å². The zero-order valence-corrected chi connectivity index (χ0v) is 19.0. The van der Waals surface area contributed by atoms with Crippen molar-refractivity contribution in [2.75, 3.05) is 27.2 Å². The van der Waals surface area contributed by atoms with E-state index in [0.29, 0.717) is 13.1 Å². The van der Waals surface area contributed by atoms with Crippen LogP contribution >= 0.6 is 0 Å². The highest BCUT2D eigenvalue weighted by atomic mass is 16.5. The van der Waals surface area contributed by atoms with E-state index in [2.05, 4.69) is 57.0 Å². The Bertz CT molecular complexity index is 1250. The molecule has 1 unspecified atom stereocenters. The lowest BCUT2D eigenvalue weighted by Crippen LogP contribution is -2.32. The van der Waals surface area contributed by atoms with Gasteiger partial charge in [0.2, 0.25) is 5.91 Å². The van der Waals surface area contributed by atoms with Gasteiger partial charge in [0.15, 0.2) is 0 Å². The van der Waals surface area contributed by atoms with Gasteiger partial charge in [-0.15, -0.1) is 0 Å². The van der Waals surface area contributed by atoms with Gasteiger partial charge in [0, 0.05) is 24.5 Å². The van der Waals surface area contributed by atoms with Crippen LogP contribution in [0, 0.1) is 0 Å². The molecule has 5 rings (SSSR count). The van der Waals surface area contributed by atoms with Crippen molar-refractivity contribution < 1.29 is 9.53 Å². The normalized spacial score (nSPS) is 16.6. The van der Waals surface area contributed by atoms with Crippen LogP contribution in [0.4, 0.5) is 0 Å². The Kier molecular flexibility index (Phi) is 5.84. The number of benzene rings is 2. The van der Waals surface area contributed by atoms with E-state index in [1.165, 1.54) is 16.5 Å². The second kappa shape index (κ2) is 9.08. The lowest BCUT2D eigenvalue weighted by atomic mass is 10.1. The number of carbonyl (C=O) groups excluding carboxylic acids is 1. The molecule has 0 bridgehead atoms. The van der Waals surface area contributed by atoms with Crippen LogP contribution < -0.4 is 4.74 Å². The van der Waals surface area contributed by atoms with E-state index in [1.807, 2.05) is 48.5 Å². The van der Waals surface area contributed by atoms with Crippen molar-refractivity contribution in [1.29, 1.82) is 0 Å². The number of likely N-dealkylation sites (N-methyl/N-ethyl adjacent to an activating group) is 1. The monoisotopic (exact) mass is 440 g/mol. The van der Waals surface area contributed by atoms with Crippen LogP contribution in [0.3, 0.4) is 0 Å². The summed E-state index contributed by atoms with van der Waals surface area (Å²) in [5, 5.41) is 1.17. The topological polar surface area (TPSA) is 50.6 Å². The summed E-state index contributed by atoms with van der Waals surface area (Å²) in [5.41, 5.74) is 4.53. The van der Waals surface area contributed by atoms with Crippen molar-refractivity contribution in [1.82, 2.24) is 19.4 Å². The van der Waals surface area contributed by atoms with Crippen LogP contribution in [0.2, 0.25) is 0 Å². The molecule has 0 N–H and O–H groups in total. The van der Waals surface area contributed by atoms with Crippen molar-refractivity contribution in [3.05, 3.63) is 95.9 Å². The maximum Gasteiger partial charge on any atom is 0.238 e. The van der Waals surface area contributed by atoms with Gasteiger partial charge in [-0.3, -0.25) is 14.7 Å². The summed E-state index contributed by atoms with van der Waals surface area (Å²) >= 11 is 0. The molecule has 168 valence electrons. The molecule has 2 aromatic heterocycles. The molecule has 1 amide bonds. The Hall–Kier alpha value is -3.64. The fraction of sp³-hybridized carbons (Fsp3) is 0.259. The van der Waals surface area contributed by atoms with Crippen molar-refractivity contribution in [2.24, 2.45) is 0 Å². The number of nitrogens with zero attached hydrogens (tertiary/aromatic N) is 4. The second-order valence-corrected chi connectivity index (χ2v) is 8.56. The van der Waals surface area contributed by atoms with Gasteiger partial charge in [0.1, 0.15) is 11.9 Å². The third kappa shape index (κ3) is 4.34. The molecule has 1 fully saturated rings.